The average molecular weight is 774 g/mol. The number of pyridine rings is 1. The number of hydrogen-bond donors (Lipinski definition) is 2. The molecule has 7 rings (SSSR count). The minimum Gasteiger partial charge on any atom is -0.493 e. The van der Waals surface area contributed by atoms with Gasteiger partial charge in [-0.15, -0.1) is 11.3 Å². The molecule has 0 amide bonds. The van der Waals surface area contributed by atoms with Gasteiger partial charge in [-0.25, -0.2) is 4.98 Å². The fraction of sp³-hybridized carbons (Fsp3) is 0.295. The van der Waals surface area contributed by atoms with Gasteiger partial charge >= 0.3 is 0 Å². The minimum absolute atomic E-state index is 0.203. The Balaban J connectivity index is 1.05. The van der Waals surface area contributed by atoms with Crippen LogP contribution in [-0.4, -0.2) is 52.3 Å². The predicted octanol–water partition coefficient (Wildman–Crippen LogP) is 8.78. The van der Waals surface area contributed by atoms with Crippen molar-refractivity contribution in [1.82, 2.24) is 20.2 Å². The summed E-state index contributed by atoms with van der Waals surface area (Å²) in [7, 11) is 0. The highest BCUT2D eigenvalue weighted by molar-refractivity contribution is 7.18. The number of aliphatic hydroxyl groups is 1. The van der Waals surface area contributed by atoms with Crippen LogP contribution >= 0.6 is 22.9 Å². The zero-order valence-electron chi connectivity index (χ0n) is 31.1. The Morgan fingerprint density at radius 3 is 2.53 bits per heavy atom. The first-order valence-corrected chi connectivity index (χ1v) is 19.7. The van der Waals surface area contributed by atoms with Crippen LogP contribution in [0.1, 0.15) is 51.2 Å². The maximum atomic E-state index is 9.81. The molecule has 0 saturated carbocycles. The number of fused-ring (bicyclic) bond motifs is 1. The molecule has 1 fully saturated rings. The van der Waals surface area contributed by atoms with E-state index in [1.54, 1.807) is 23.6 Å². The van der Waals surface area contributed by atoms with Crippen molar-refractivity contribution >= 4 is 33.2 Å². The van der Waals surface area contributed by atoms with Gasteiger partial charge in [-0.2, -0.15) is 5.26 Å². The molecule has 1 aliphatic rings. The summed E-state index contributed by atoms with van der Waals surface area (Å²) in [4.78, 5) is 11.2. The van der Waals surface area contributed by atoms with Gasteiger partial charge in [0.05, 0.1) is 33.5 Å². The van der Waals surface area contributed by atoms with E-state index >= 15 is 0 Å². The monoisotopic (exact) mass is 773 g/mol. The lowest BCUT2D eigenvalue weighted by atomic mass is 9.93. The maximum absolute atomic E-state index is 9.81. The number of benzene rings is 4. The number of para-hydroxylation sites is 1. The molecule has 2 N–H and O–H groups in total. The number of rotatable bonds is 16. The topological polar surface area (TPSA) is 113 Å². The van der Waals surface area contributed by atoms with Crippen molar-refractivity contribution in [2.45, 2.75) is 59.1 Å². The Morgan fingerprint density at radius 2 is 1.71 bits per heavy atom. The second-order valence-electron chi connectivity index (χ2n) is 13.8. The van der Waals surface area contributed by atoms with Crippen LogP contribution in [0.4, 0.5) is 0 Å². The van der Waals surface area contributed by atoms with E-state index in [0.29, 0.717) is 48.4 Å². The molecule has 0 aliphatic carbocycles. The van der Waals surface area contributed by atoms with Gasteiger partial charge in [0.25, 0.3) is 0 Å². The summed E-state index contributed by atoms with van der Waals surface area (Å²) < 4.78 is 20.2. The summed E-state index contributed by atoms with van der Waals surface area (Å²) >= 11 is 8.55. The number of nitrogens with zero attached hydrogens (tertiary/aromatic N) is 4. The molecule has 9 nitrogen and oxygen atoms in total. The Bertz CT molecular complexity index is 2270. The third-order valence-corrected chi connectivity index (χ3v) is 11.2. The third kappa shape index (κ3) is 9.62. The molecule has 0 bridgehead atoms. The SMILES string of the molecule is Cc1c(COc2cc(OCc3cncc(C#N)c3)c(CNCc3nc4ccccc4s3)cc2Cl)cccc1-c1cccc(OCCCN2CCC(O)C2)c1C. The van der Waals surface area contributed by atoms with Crippen LogP contribution in [0.2, 0.25) is 5.02 Å². The fourth-order valence-corrected chi connectivity index (χ4v) is 8.06. The normalized spacial score (nSPS) is 14.3. The predicted molar refractivity (Wildman–Crippen MR) is 218 cm³/mol. The summed E-state index contributed by atoms with van der Waals surface area (Å²) in [6.45, 7) is 9.08. The van der Waals surface area contributed by atoms with Crippen LogP contribution in [-0.2, 0) is 26.3 Å². The van der Waals surface area contributed by atoms with Crippen molar-refractivity contribution < 1.29 is 19.3 Å². The standard InChI is InChI=1S/C44H44ClN5O4S/c1-29-33(8-5-9-36(29)37-10-6-12-40(30(37)2)52-17-7-15-50-16-14-35(51)26-50)28-54-42-20-41(53-27-32-18-31(21-46)22-47-23-32)34(19-38(42)45)24-48-25-44-49-39-11-3-4-13-43(39)55-44/h3-6,8-13,18-20,22-23,35,48,51H,7,14-17,24-28H2,1-2H3. The Kier molecular flexibility index (Phi) is 12.6. The van der Waals surface area contributed by atoms with Crippen molar-refractivity contribution in [1.29, 1.82) is 5.26 Å². The number of β-amino-alcohol motifs (C(OH)–C–C–N with tert-alkyl or cyclic N) is 1. The number of ether oxygens (including phenoxy) is 3. The van der Waals surface area contributed by atoms with Gasteiger partial charge in [-0.05, 0) is 84.8 Å². The molecule has 1 aliphatic heterocycles. The number of nitrogens with one attached hydrogen (secondary N) is 1. The molecular weight excluding hydrogens is 730 g/mol. The minimum atomic E-state index is -0.203. The van der Waals surface area contributed by atoms with Gasteiger partial charge in [-0.1, -0.05) is 54.1 Å². The number of aromatic nitrogens is 2. The molecule has 1 atom stereocenters. The number of nitriles is 1. The number of thiazole rings is 1. The summed E-state index contributed by atoms with van der Waals surface area (Å²) in [5, 5.41) is 24.2. The summed E-state index contributed by atoms with van der Waals surface area (Å²) in [6.07, 6.45) is 4.78. The van der Waals surface area contributed by atoms with Crippen LogP contribution in [0.5, 0.6) is 17.2 Å². The van der Waals surface area contributed by atoms with Crippen molar-refractivity contribution in [3.63, 3.8) is 0 Å². The van der Waals surface area contributed by atoms with E-state index < -0.39 is 0 Å². The Morgan fingerprint density at radius 1 is 0.891 bits per heavy atom. The van der Waals surface area contributed by atoms with Gasteiger partial charge in [0.2, 0.25) is 0 Å². The second-order valence-corrected chi connectivity index (χ2v) is 15.3. The molecule has 4 aromatic carbocycles. The van der Waals surface area contributed by atoms with Crippen molar-refractivity contribution in [2.75, 3.05) is 26.2 Å². The first-order valence-electron chi connectivity index (χ1n) is 18.5. The molecule has 3 heterocycles. The molecule has 6 aromatic rings. The van der Waals surface area contributed by atoms with E-state index in [9.17, 15) is 10.4 Å². The molecule has 1 saturated heterocycles. The highest BCUT2D eigenvalue weighted by Gasteiger charge is 2.20. The van der Waals surface area contributed by atoms with Crippen molar-refractivity contribution in [3.05, 3.63) is 135 Å². The van der Waals surface area contributed by atoms with Gasteiger partial charge in [-0.3, -0.25) is 4.98 Å². The number of halogens is 1. The fourth-order valence-electron chi connectivity index (χ4n) is 6.88. The summed E-state index contributed by atoms with van der Waals surface area (Å²) in [5.74, 6) is 2.01. The molecule has 11 heteroatoms. The second kappa shape index (κ2) is 18.1. The van der Waals surface area contributed by atoms with Crippen LogP contribution in [0.25, 0.3) is 21.3 Å². The number of hydrogen-bond acceptors (Lipinski definition) is 10. The van der Waals surface area contributed by atoms with Crippen LogP contribution < -0.4 is 19.5 Å². The number of likely N-dealkylation sites (tertiary alicyclic amines) is 1. The molecule has 55 heavy (non-hydrogen) atoms. The first kappa shape index (κ1) is 38.3. The van der Waals surface area contributed by atoms with E-state index in [0.717, 1.165) is 92.4 Å². The van der Waals surface area contributed by atoms with Crippen LogP contribution in [0.3, 0.4) is 0 Å². The van der Waals surface area contributed by atoms with Crippen LogP contribution in [0, 0.1) is 25.2 Å². The van der Waals surface area contributed by atoms with E-state index in [4.69, 9.17) is 30.8 Å². The molecule has 282 valence electrons. The molecular formula is C44H44ClN5O4S. The zero-order chi connectivity index (χ0) is 38.1. The van der Waals surface area contributed by atoms with Crippen LogP contribution in [0.15, 0.2) is 91.3 Å². The summed E-state index contributed by atoms with van der Waals surface area (Å²) in [5.41, 5.74) is 8.59. The van der Waals surface area contributed by atoms with Gasteiger partial charge in [0, 0.05) is 62.3 Å². The lowest BCUT2D eigenvalue weighted by Crippen LogP contribution is -2.24. The molecule has 0 radical (unpaired) electrons. The van der Waals surface area contributed by atoms with Crippen molar-refractivity contribution in [3.8, 4) is 34.4 Å². The Labute approximate surface area is 331 Å². The van der Waals surface area contributed by atoms with Gasteiger partial charge in [0.1, 0.15) is 41.5 Å². The maximum Gasteiger partial charge on any atom is 0.142 e. The van der Waals surface area contributed by atoms with E-state index in [1.165, 1.54) is 6.20 Å². The van der Waals surface area contributed by atoms with Crippen molar-refractivity contribution in [2.24, 2.45) is 0 Å². The lowest BCUT2D eigenvalue weighted by Gasteiger charge is -2.19. The van der Waals surface area contributed by atoms with E-state index in [2.05, 4.69) is 65.4 Å². The molecule has 1 unspecified atom stereocenters. The smallest absolute Gasteiger partial charge is 0.142 e. The van der Waals surface area contributed by atoms with E-state index in [-0.39, 0.29) is 12.7 Å². The highest BCUT2D eigenvalue weighted by atomic mass is 35.5. The average Bonchev–Trinajstić information content (AvgIpc) is 3.82. The van der Waals surface area contributed by atoms with Gasteiger partial charge < -0.3 is 29.5 Å². The zero-order valence-corrected chi connectivity index (χ0v) is 32.6. The largest absolute Gasteiger partial charge is 0.493 e. The lowest BCUT2D eigenvalue weighted by molar-refractivity contribution is 0.173. The Hall–Kier alpha value is -5.02. The first-order chi connectivity index (χ1) is 26.8. The quantitative estimate of drug-likeness (QED) is 0.0933. The number of aliphatic hydroxyl groups excluding tert-OH is 1. The molecule has 0 spiro atoms. The summed E-state index contributed by atoms with van der Waals surface area (Å²) in [6, 6.07) is 28.2. The molecule has 2 aromatic heterocycles. The third-order valence-electron chi connectivity index (χ3n) is 9.89. The van der Waals surface area contributed by atoms with E-state index in [1.807, 2.05) is 42.5 Å². The highest BCUT2D eigenvalue weighted by Crippen LogP contribution is 2.36. The van der Waals surface area contributed by atoms with Gasteiger partial charge in [0.15, 0.2) is 0 Å².